The topological polar surface area (TPSA) is 70.6 Å². The SMILES string of the molecule is CCNC(=NCC(c1ccc(OC)c(OC)c1)N1CCOCC1)NCCN(C)C(C)CC. The van der Waals surface area contributed by atoms with E-state index in [1.807, 2.05) is 6.07 Å². The predicted octanol–water partition coefficient (Wildman–Crippen LogP) is 2.36. The van der Waals surface area contributed by atoms with Crippen LogP contribution in [0.2, 0.25) is 0 Å². The van der Waals surface area contributed by atoms with Crippen molar-refractivity contribution in [3.63, 3.8) is 0 Å². The number of hydrogen-bond acceptors (Lipinski definition) is 6. The third-order valence-corrected chi connectivity index (χ3v) is 6.15. The van der Waals surface area contributed by atoms with Crippen molar-refractivity contribution in [1.29, 1.82) is 0 Å². The minimum Gasteiger partial charge on any atom is -0.493 e. The summed E-state index contributed by atoms with van der Waals surface area (Å²) in [6, 6.07) is 6.86. The van der Waals surface area contributed by atoms with Crippen LogP contribution in [-0.4, -0.2) is 95.6 Å². The number of guanidine groups is 1. The first-order valence-corrected chi connectivity index (χ1v) is 11.8. The fourth-order valence-corrected chi connectivity index (χ4v) is 3.78. The zero-order chi connectivity index (χ0) is 23.3. The Bertz CT molecular complexity index is 694. The maximum Gasteiger partial charge on any atom is 0.191 e. The van der Waals surface area contributed by atoms with E-state index in [0.717, 1.165) is 69.8 Å². The molecular formula is C24H43N5O3. The van der Waals surface area contributed by atoms with Gasteiger partial charge >= 0.3 is 0 Å². The standard InChI is InChI=1S/C24H43N5O3/c1-7-19(3)28(4)12-11-26-24(25-8-2)27-18-21(29-13-15-32-16-14-29)20-9-10-22(30-5)23(17-20)31-6/h9-10,17,19,21H,7-8,11-16,18H2,1-6H3,(H2,25,26,27). The highest BCUT2D eigenvalue weighted by Crippen LogP contribution is 2.32. The zero-order valence-corrected chi connectivity index (χ0v) is 20.8. The van der Waals surface area contributed by atoms with Gasteiger partial charge < -0.3 is 29.7 Å². The second-order valence-electron chi connectivity index (χ2n) is 8.16. The van der Waals surface area contributed by atoms with Crippen molar-refractivity contribution in [3.8, 4) is 11.5 Å². The van der Waals surface area contributed by atoms with Crippen LogP contribution < -0.4 is 20.1 Å². The Labute approximate surface area is 194 Å². The van der Waals surface area contributed by atoms with Gasteiger partial charge in [0.2, 0.25) is 0 Å². The lowest BCUT2D eigenvalue weighted by Gasteiger charge is -2.34. The largest absolute Gasteiger partial charge is 0.493 e. The molecule has 1 aromatic carbocycles. The molecule has 1 aliphatic heterocycles. The maximum atomic E-state index is 5.58. The number of ether oxygens (including phenoxy) is 3. The van der Waals surface area contributed by atoms with Gasteiger partial charge in [-0.1, -0.05) is 13.0 Å². The number of methoxy groups -OCH3 is 2. The van der Waals surface area contributed by atoms with E-state index in [1.54, 1.807) is 14.2 Å². The van der Waals surface area contributed by atoms with Crippen molar-refractivity contribution >= 4 is 5.96 Å². The minimum atomic E-state index is 0.136. The molecule has 0 aromatic heterocycles. The van der Waals surface area contributed by atoms with Gasteiger partial charge in [0.1, 0.15) is 0 Å². The molecule has 1 fully saturated rings. The van der Waals surface area contributed by atoms with Crippen LogP contribution in [0.3, 0.4) is 0 Å². The first-order valence-electron chi connectivity index (χ1n) is 11.8. The Morgan fingerprint density at radius 1 is 1.16 bits per heavy atom. The molecule has 32 heavy (non-hydrogen) atoms. The lowest BCUT2D eigenvalue weighted by atomic mass is 10.0. The summed E-state index contributed by atoms with van der Waals surface area (Å²) in [6.07, 6.45) is 1.15. The highest BCUT2D eigenvalue weighted by molar-refractivity contribution is 5.79. The number of nitrogens with one attached hydrogen (secondary N) is 2. The van der Waals surface area contributed by atoms with Gasteiger partial charge in [0, 0.05) is 38.8 Å². The van der Waals surface area contributed by atoms with E-state index in [2.05, 4.69) is 60.4 Å². The van der Waals surface area contributed by atoms with Gasteiger partial charge in [0.15, 0.2) is 17.5 Å². The van der Waals surface area contributed by atoms with E-state index in [0.29, 0.717) is 12.6 Å². The summed E-state index contributed by atoms with van der Waals surface area (Å²) in [4.78, 5) is 9.76. The number of nitrogens with zero attached hydrogens (tertiary/aromatic N) is 3. The van der Waals surface area contributed by atoms with Crippen LogP contribution >= 0.6 is 0 Å². The minimum absolute atomic E-state index is 0.136. The quantitative estimate of drug-likeness (QED) is 0.375. The van der Waals surface area contributed by atoms with Gasteiger partial charge in [-0.2, -0.15) is 0 Å². The molecule has 1 heterocycles. The smallest absolute Gasteiger partial charge is 0.191 e. The Kier molecular flexibility index (Phi) is 11.6. The monoisotopic (exact) mass is 449 g/mol. The fourth-order valence-electron chi connectivity index (χ4n) is 3.78. The van der Waals surface area contributed by atoms with Crippen LogP contribution in [0.25, 0.3) is 0 Å². The van der Waals surface area contributed by atoms with Gasteiger partial charge in [-0.15, -0.1) is 0 Å². The summed E-state index contributed by atoms with van der Waals surface area (Å²) in [7, 11) is 5.51. The molecule has 0 spiro atoms. The van der Waals surface area contributed by atoms with Crippen molar-refractivity contribution in [1.82, 2.24) is 20.4 Å². The molecule has 2 rings (SSSR count). The first kappa shape index (κ1) is 26.2. The molecule has 1 saturated heterocycles. The van der Waals surface area contributed by atoms with Crippen LogP contribution in [0.15, 0.2) is 23.2 Å². The normalized spacial score (nSPS) is 17.2. The van der Waals surface area contributed by atoms with Crippen LogP contribution in [-0.2, 0) is 4.74 Å². The highest BCUT2D eigenvalue weighted by atomic mass is 16.5. The average molecular weight is 450 g/mol. The number of benzene rings is 1. The lowest BCUT2D eigenvalue weighted by molar-refractivity contribution is 0.0179. The molecule has 182 valence electrons. The van der Waals surface area contributed by atoms with Crippen molar-refractivity contribution in [2.24, 2.45) is 4.99 Å². The average Bonchev–Trinajstić information content (AvgIpc) is 2.83. The van der Waals surface area contributed by atoms with E-state index >= 15 is 0 Å². The van der Waals surface area contributed by atoms with E-state index in [-0.39, 0.29) is 6.04 Å². The summed E-state index contributed by atoms with van der Waals surface area (Å²) in [5.41, 5.74) is 1.17. The van der Waals surface area contributed by atoms with Crippen molar-refractivity contribution in [2.75, 3.05) is 73.7 Å². The third-order valence-electron chi connectivity index (χ3n) is 6.15. The molecule has 8 heteroatoms. The fraction of sp³-hybridized carbons (Fsp3) is 0.708. The maximum absolute atomic E-state index is 5.58. The number of hydrogen-bond donors (Lipinski definition) is 2. The van der Waals surface area contributed by atoms with Crippen molar-refractivity contribution in [3.05, 3.63) is 23.8 Å². The summed E-state index contributed by atoms with van der Waals surface area (Å²) in [5.74, 6) is 2.33. The summed E-state index contributed by atoms with van der Waals surface area (Å²) in [6.45, 7) is 13.1. The van der Waals surface area contributed by atoms with E-state index in [9.17, 15) is 0 Å². The lowest BCUT2D eigenvalue weighted by Crippen LogP contribution is -2.43. The molecule has 2 atom stereocenters. The Morgan fingerprint density at radius 2 is 1.88 bits per heavy atom. The molecule has 8 nitrogen and oxygen atoms in total. The summed E-state index contributed by atoms with van der Waals surface area (Å²) < 4.78 is 16.6. The Morgan fingerprint density at radius 3 is 2.50 bits per heavy atom. The molecule has 0 radical (unpaired) electrons. The Hall–Kier alpha value is -2.03. The molecule has 0 aliphatic carbocycles. The summed E-state index contributed by atoms with van der Waals surface area (Å²) in [5, 5.41) is 6.87. The van der Waals surface area contributed by atoms with Crippen LogP contribution in [0.4, 0.5) is 0 Å². The molecule has 2 unspecified atom stereocenters. The second-order valence-corrected chi connectivity index (χ2v) is 8.16. The van der Waals surface area contributed by atoms with E-state index in [4.69, 9.17) is 19.2 Å². The van der Waals surface area contributed by atoms with Crippen LogP contribution in [0.1, 0.15) is 38.8 Å². The van der Waals surface area contributed by atoms with E-state index < -0.39 is 0 Å². The molecule has 1 aromatic rings. The molecular weight excluding hydrogens is 406 g/mol. The van der Waals surface area contributed by atoms with Crippen LogP contribution in [0, 0.1) is 0 Å². The zero-order valence-electron chi connectivity index (χ0n) is 20.8. The summed E-state index contributed by atoms with van der Waals surface area (Å²) >= 11 is 0. The number of aliphatic imine (C=N–C) groups is 1. The molecule has 2 N–H and O–H groups in total. The molecule has 0 bridgehead atoms. The van der Waals surface area contributed by atoms with Gasteiger partial charge in [0.25, 0.3) is 0 Å². The van der Waals surface area contributed by atoms with Crippen LogP contribution in [0.5, 0.6) is 11.5 Å². The second kappa shape index (κ2) is 14.2. The third kappa shape index (κ3) is 7.83. The molecule has 0 amide bonds. The van der Waals surface area contributed by atoms with Gasteiger partial charge in [-0.05, 0) is 45.0 Å². The highest BCUT2D eigenvalue weighted by Gasteiger charge is 2.24. The molecule has 0 saturated carbocycles. The predicted molar refractivity (Wildman–Crippen MR) is 131 cm³/mol. The first-order chi connectivity index (χ1) is 15.5. The number of likely N-dealkylation sites (N-methyl/N-ethyl adjacent to an activating group) is 1. The van der Waals surface area contributed by atoms with Gasteiger partial charge in [-0.25, -0.2) is 0 Å². The number of rotatable bonds is 12. The van der Waals surface area contributed by atoms with E-state index in [1.165, 1.54) is 5.56 Å². The van der Waals surface area contributed by atoms with Gasteiger partial charge in [-0.3, -0.25) is 9.89 Å². The van der Waals surface area contributed by atoms with Gasteiger partial charge in [0.05, 0.1) is 40.0 Å². The van der Waals surface area contributed by atoms with Crippen molar-refractivity contribution < 1.29 is 14.2 Å². The van der Waals surface area contributed by atoms with Crippen molar-refractivity contribution in [2.45, 2.75) is 39.3 Å². The number of morpholine rings is 1. The molecule has 1 aliphatic rings. The Balaban J connectivity index is 2.14.